The summed E-state index contributed by atoms with van der Waals surface area (Å²) >= 11 is 0. The summed E-state index contributed by atoms with van der Waals surface area (Å²) in [5, 5.41) is 0. The minimum atomic E-state index is 1.24. The molecule has 0 radical (unpaired) electrons. The quantitative estimate of drug-likeness (QED) is 0.485. The van der Waals surface area contributed by atoms with Crippen LogP contribution in [0.5, 0.6) is 0 Å². The molecule has 0 aliphatic heterocycles. The predicted molar refractivity (Wildman–Crippen MR) is 58.4 cm³/mol. The van der Waals surface area contributed by atoms with Gasteiger partial charge in [-0.1, -0.05) is 0 Å². The summed E-state index contributed by atoms with van der Waals surface area (Å²) in [7, 11) is 4.63. The van der Waals surface area contributed by atoms with Crippen molar-refractivity contribution in [1.82, 2.24) is 0 Å². The monoisotopic (exact) mass is 204 g/mol. The van der Waals surface area contributed by atoms with Gasteiger partial charge in [0.15, 0.2) is 34.2 Å². The standard InChI is InChI=1S/C11H13N2P/c1-12-6-2-10(3-7-12)11-4-8-13(14)9-5-11/h2-9H,14H2,1H3/q+2. The first-order chi connectivity index (χ1) is 6.75. The molecular formula is C11H13N2P+2. The molecule has 3 heteroatoms. The van der Waals surface area contributed by atoms with Crippen LogP contribution in [0.4, 0.5) is 0 Å². The summed E-state index contributed by atoms with van der Waals surface area (Å²) in [5.41, 5.74) is 2.48. The zero-order chi connectivity index (χ0) is 9.97. The van der Waals surface area contributed by atoms with Crippen LogP contribution in [0.2, 0.25) is 0 Å². The van der Waals surface area contributed by atoms with Crippen LogP contribution in [0.25, 0.3) is 11.1 Å². The molecule has 0 fully saturated rings. The largest absolute Gasteiger partial charge is 0.208 e. The fourth-order valence-electron chi connectivity index (χ4n) is 1.32. The minimum absolute atomic E-state index is 1.24. The van der Waals surface area contributed by atoms with Crippen LogP contribution in [0.1, 0.15) is 0 Å². The van der Waals surface area contributed by atoms with E-state index < -0.39 is 0 Å². The molecule has 0 aromatic carbocycles. The molecule has 0 bridgehead atoms. The molecule has 0 saturated carbocycles. The molecule has 0 saturated heterocycles. The van der Waals surface area contributed by atoms with Gasteiger partial charge in [0, 0.05) is 24.3 Å². The third-order valence-corrected chi connectivity index (χ3v) is 2.51. The van der Waals surface area contributed by atoms with E-state index in [1.807, 2.05) is 28.3 Å². The first-order valence-electron chi connectivity index (χ1n) is 4.48. The molecule has 0 amide bonds. The molecule has 0 N–H and O–H groups in total. The average Bonchev–Trinajstić information content (AvgIpc) is 2.21. The molecular weight excluding hydrogens is 191 g/mol. The molecule has 14 heavy (non-hydrogen) atoms. The van der Waals surface area contributed by atoms with Gasteiger partial charge < -0.3 is 0 Å². The second-order valence-electron chi connectivity index (χ2n) is 3.29. The third kappa shape index (κ3) is 1.97. The van der Waals surface area contributed by atoms with E-state index in [2.05, 4.69) is 46.0 Å². The third-order valence-electron chi connectivity index (χ3n) is 2.16. The van der Waals surface area contributed by atoms with Crippen LogP contribution in [-0.2, 0) is 7.05 Å². The predicted octanol–water partition coefficient (Wildman–Crippen LogP) is 1.10. The van der Waals surface area contributed by atoms with E-state index in [0.29, 0.717) is 0 Å². The van der Waals surface area contributed by atoms with Gasteiger partial charge in [0.2, 0.25) is 0 Å². The molecule has 2 heterocycles. The van der Waals surface area contributed by atoms with Crippen molar-refractivity contribution < 1.29 is 8.90 Å². The molecule has 1 unspecified atom stereocenters. The maximum atomic E-state index is 2.61. The molecule has 0 aliphatic carbocycles. The van der Waals surface area contributed by atoms with Gasteiger partial charge in [-0.25, -0.2) is 4.57 Å². The van der Waals surface area contributed by atoms with Crippen molar-refractivity contribution in [2.75, 3.05) is 0 Å². The van der Waals surface area contributed by atoms with Gasteiger partial charge in [-0.3, -0.25) is 0 Å². The summed E-state index contributed by atoms with van der Waals surface area (Å²) < 4.78 is 3.98. The highest BCUT2D eigenvalue weighted by molar-refractivity contribution is 7.07. The lowest BCUT2D eigenvalue weighted by Crippen LogP contribution is -2.25. The zero-order valence-corrected chi connectivity index (χ0v) is 9.25. The van der Waals surface area contributed by atoms with Crippen LogP contribution in [0.3, 0.4) is 0 Å². The normalized spacial score (nSPS) is 10.1. The maximum absolute atomic E-state index is 2.61. The Morgan fingerprint density at radius 1 is 0.857 bits per heavy atom. The van der Waals surface area contributed by atoms with Crippen molar-refractivity contribution in [3.05, 3.63) is 49.1 Å². The fraction of sp³-hybridized carbons (Fsp3) is 0.0909. The number of hydrogen-bond donors (Lipinski definition) is 0. The fourth-order valence-corrected chi connectivity index (χ4v) is 1.50. The Morgan fingerprint density at radius 2 is 1.29 bits per heavy atom. The Labute approximate surface area is 86.1 Å². The van der Waals surface area contributed by atoms with E-state index in [1.54, 1.807) is 0 Å². The first-order valence-corrected chi connectivity index (χ1v) is 4.99. The molecule has 2 rings (SSSR count). The van der Waals surface area contributed by atoms with Crippen LogP contribution in [0, 0.1) is 0 Å². The molecule has 2 aromatic heterocycles. The highest BCUT2D eigenvalue weighted by Gasteiger charge is 2.00. The lowest BCUT2D eigenvalue weighted by molar-refractivity contribution is -0.671. The number of aryl methyl sites for hydroxylation is 1. The summed E-state index contributed by atoms with van der Waals surface area (Å²) in [6.07, 6.45) is 8.15. The van der Waals surface area contributed by atoms with E-state index in [1.165, 1.54) is 11.1 Å². The van der Waals surface area contributed by atoms with E-state index in [-0.39, 0.29) is 0 Å². The Balaban J connectivity index is 2.40. The van der Waals surface area contributed by atoms with Crippen molar-refractivity contribution in [3.63, 3.8) is 0 Å². The molecule has 0 aliphatic rings. The number of rotatable bonds is 1. The topological polar surface area (TPSA) is 7.76 Å². The SMILES string of the molecule is C[n+]1ccc(-c2cc[n+](P)cc2)cc1. The summed E-state index contributed by atoms with van der Waals surface area (Å²) in [4.78, 5) is 0. The van der Waals surface area contributed by atoms with Crippen LogP contribution in [-0.4, -0.2) is 0 Å². The van der Waals surface area contributed by atoms with Gasteiger partial charge in [0.05, 0.1) is 0 Å². The second kappa shape index (κ2) is 3.85. The van der Waals surface area contributed by atoms with Crippen LogP contribution < -0.4 is 8.90 Å². The minimum Gasteiger partial charge on any atom is -0.208 e. The Hall–Kier alpha value is -1.27. The van der Waals surface area contributed by atoms with Gasteiger partial charge in [0.1, 0.15) is 7.05 Å². The van der Waals surface area contributed by atoms with E-state index in [4.69, 9.17) is 0 Å². The molecule has 70 valence electrons. The van der Waals surface area contributed by atoms with Crippen LogP contribution >= 0.6 is 9.39 Å². The van der Waals surface area contributed by atoms with E-state index >= 15 is 0 Å². The summed E-state index contributed by atoms with van der Waals surface area (Å²) in [6.45, 7) is 0. The van der Waals surface area contributed by atoms with Crippen molar-refractivity contribution in [3.8, 4) is 11.1 Å². The van der Waals surface area contributed by atoms with Gasteiger partial charge in [0.25, 0.3) is 0 Å². The lowest BCUT2D eigenvalue weighted by atomic mass is 10.1. The van der Waals surface area contributed by atoms with Gasteiger partial charge in [-0.2, -0.15) is 4.34 Å². The van der Waals surface area contributed by atoms with Crippen molar-refractivity contribution >= 4 is 9.39 Å². The number of nitrogens with zero attached hydrogens (tertiary/aromatic N) is 2. The Morgan fingerprint density at radius 3 is 1.79 bits per heavy atom. The summed E-state index contributed by atoms with van der Waals surface area (Å²) in [5.74, 6) is 0. The maximum Gasteiger partial charge on any atom is 0.170 e. The first kappa shape index (κ1) is 9.29. The van der Waals surface area contributed by atoms with Crippen molar-refractivity contribution in [2.45, 2.75) is 0 Å². The van der Waals surface area contributed by atoms with Gasteiger partial charge in [-0.05, 0) is 11.1 Å². The molecule has 0 spiro atoms. The highest BCUT2D eigenvalue weighted by atomic mass is 31.0. The Kier molecular flexibility index (Phi) is 2.55. The van der Waals surface area contributed by atoms with Crippen molar-refractivity contribution in [1.29, 1.82) is 0 Å². The number of aromatic nitrogens is 2. The van der Waals surface area contributed by atoms with E-state index in [9.17, 15) is 0 Å². The zero-order valence-electron chi connectivity index (χ0n) is 8.09. The summed E-state index contributed by atoms with van der Waals surface area (Å²) in [6, 6.07) is 8.43. The highest BCUT2D eigenvalue weighted by Crippen LogP contribution is 2.15. The van der Waals surface area contributed by atoms with E-state index in [0.717, 1.165) is 0 Å². The van der Waals surface area contributed by atoms with Gasteiger partial charge in [-0.15, -0.1) is 0 Å². The van der Waals surface area contributed by atoms with Crippen LogP contribution in [0.15, 0.2) is 49.1 Å². The Bertz CT molecular complexity index is 377. The van der Waals surface area contributed by atoms with Crippen molar-refractivity contribution in [2.24, 2.45) is 7.05 Å². The lowest BCUT2D eigenvalue weighted by Gasteiger charge is -1.97. The number of pyridine rings is 2. The smallest absolute Gasteiger partial charge is 0.170 e. The average molecular weight is 204 g/mol. The molecule has 1 atom stereocenters. The number of hydrogen-bond acceptors (Lipinski definition) is 0. The molecule has 2 aromatic rings. The van der Waals surface area contributed by atoms with Gasteiger partial charge >= 0.3 is 0 Å². The molecule has 2 nitrogen and oxygen atoms in total. The second-order valence-corrected chi connectivity index (χ2v) is 3.88.